The van der Waals surface area contributed by atoms with Crippen LogP contribution in [0.4, 0.5) is 0 Å². The van der Waals surface area contributed by atoms with E-state index in [4.69, 9.17) is 0 Å². The molecule has 0 saturated carbocycles. The first-order valence-corrected chi connectivity index (χ1v) is 5.37. The Hall–Kier alpha value is -0.590. The lowest BCUT2D eigenvalue weighted by molar-refractivity contribution is -0.105. The molecule has 0 aliphatic carbocycles. The van der Waals surface area contributed by atoms with Crippen LogP contribution in [0.1, 0.15) is 52.9 Å². The molecule has 0 N–H and O–H groups in total. The van der Waals surface area contributed by atoms with Crippen LogP contribution in [0.5, 0.6) is 0 Å². The highest BCUT2D eigenvalue weighted by molar-refractivity contribution is 5.73. The van der Waals surface area contributed by atoms with Crippen molar-refractivity contribution in [3.05, 3.63) is 11.6 Å². The molecule has 0 unspecified atom stereocenters. The molecule has 0 bridgehead atoms. The third kappa shape index (κ3) is 6.56. The Kier molecular flexibility index (Phi) is 7.66. The number of allylic oxidation sites excluding steroid dienone is 2. The van der Waals surface area contributed by atoms with Gasteiger partial charge in [0, 0.05) is 0 Å². The summed E-state index contributed by atoms with van der Waals surface area (Å²) < 4.78 is 0. The number of aldehydes is 1. The van der Waals surface area contributed by atoms with Crippen molar-refractivity contribution in [3.63, 3.8) is 0 Å². The molecule has 0 atom stereocenters. The first-order chi connectivity index (χ1) is 6.22. The second-order valence-corrected chi connectivity index (χ2v) is 3.83. The van der Waals surface area contributed by atoms with Crippen molar-refractivity contribution >= 4 is 6.29 Å². The van der Waals surface area contributed by atoms with Crippen LogP contribution >= 0.6 is 0 Å². The van der Waals surface area contributed by atoms with E-state index in [-0.39, 0.29) is 0 Å². The van der Waals surface area contributed by atoms with E-state index in [1.807, 2.05) is 0 Å². The fraction of sp³-hybridized carbons (Fsp3) is 0.750. The Labute approximate surface area is 82.2 Å². The number of unbranched alkanes of at least 4 members (excludes halogenated alkanes) is 4. The zero-order valence-electron chi connectivity index (χ0n) is 9.18. The molecule has 0 heterocycles. The van der Waals surface area contributed by atoms with Gasteiger partial charge in [0.05, 0.1) is 0 Å². The maximum Gasteiger partial charge on any atom is 0.145 e. The summed E-state index contributed by atoms with van der Waals surface area (Å²) in [6.45, 7) is 6.33. The van der Waals surface area contributed by atoms with Crippen LogP contribution < -0.4 is 0 Å². The molecule has 76 valence electrons. The summed E-state index contributed by atoms with van der Waals surface area (Å²) in [7, 11) is 0. The molecule has 0 amide bonds. The quantitative estimate of drug-likeness (QED) is 0.333. The third-order valence-electron chi connectivity index (χ3n) is 2.24. The van der Waals surface area contributed by atoms with Crippen molar-refractivity contribution in [2.45, 2.75) is 52.9 Å². The van der Waals surface area contributed by atoms with Crippen LogP contribution in [0.3, 0.4) is 0 Å². The number of hydrogen-bond donors (Lipinski definition) is 0. The zero-order valence-corrected chi connectivity index (χ0v) is 9.18. The van der Waals surface area contributed by atoms with E-state index in [9.17, 15) is 4.79 Å². The lowest BCUT2D eigenvalue weighted by atomic mass is 10.0. The minimum absolute atomic E-state index is 0.378. The van der Waals surface area contributed by atoms with E-state index in [1.165, 1.54) is 25.7 Å². The second kappa shape index (κ2) is 8.03. The third-order valence-corrected chi connectivity index (χ3v) is 2.24. The number of carbonyl (C=O) groups excluding carboxylic acids is 1. The normalized spacial score (nSPS) is 12.2. The van der Waals surface area contributed by atoms with Gasteiger partial charge in [-0.2, -0.15) is 0 Å². The minimum Gasteiger partial charge on any atom is -0.298 e. The summed E-state index contributed by atoms with van der Waals surface area (Å²) in [6.07, 6.45) is 9.24. The van der Waals surface area contributed by atoms with Gasteiger partial charge in [0.25, 0.3) is 0 Å². The van der Waals surface area contributed by atoms with Gasteiger partial charge < -0.3 is 0 Å². The maximum absolute atomic E-state index is 10.6. The highest BCUT2D eigenvalue weighted by Gasteiger charge is 1.99. The van der Waals surface area contributed by atoms with Gasteiger partial charge in [0.1, 0.15) is 6.29 Å². The van der Waals surface area contributed by atoms with Crippen molar-refractivity contribution in [3.8, 4) is 0 Å². The molecule has 0 spiro atoms. The molecular formula is C12H22O. The van der Waals surface area contributed by atoms with Crippen LogP contribution in [-0.2, 0) is 4.79 Å². The highest BCUT2D eigenvalue weighted by Crippen LogP contribution is 2.10. The van der Waals surface area contributed by atoms with Crippen molar-refractivity contribution < 1.29 is 4.79 Å². The van der Waals surface area contributed by atoms with Gasteiger partial charge >= 0.3 is 0 Å². The SMILES string of the molecule is CCCCCC/C=C(/C=O)C(C)C. The standard InChI is InChI=1S/C12H22O/c1-4-5-6-7-8-9-12(10-13)11(2)3/h9-11H,4-8H2,1-3H3/b12-9-. The molecule has 1 heteroatoms. The summed E-state index contributed by atoms with van der Waals surface area (Å²) >= 11 is 0. The molecular weight excluding hydrogens is 160 g/mol. The van der Waals surface area contributed by atoms with Crippen LogP contribution in [0.15, 0.2) is 11.6 Å². The summed E-state index contributed by atoms with van der Waals surface area (Å²) in [4.78, 5) is 10.6. The molecule has 0 fully saturated rings. The Morgan fingerprint density at radius 3 is 2.38 bits per heavy atom. The average Bonchev–Trinajstić information content (AvgIpc) is 2.10. The lowest BCUT2D eigenvalue weighted by Crippen LogP contribution is -1.94. The Morgan fingerprint density at radius 2 is 1.92 bits per heavy atom. The Morgan fingerprint density at radius 1 is 1.23 bits per heavy atom. The van der Waals surface area contributed by atoms with E-state index in [0.29, 0.717) is 5.92 Å². The number of carbonyl (C=O) groups is 1. The van der Waals surface area contributed by atoms with Gasteiger partial charge in [0.2, 0.25) is 0 Å². The molecule has 0 rings (SSSR count). The van der Waals surface area contributed by atoms with Crippen LogP contribution in [-0.4, -0.2) is 6.29 Å². The van der Waals surface area contributed by atoms with Gasteiger partial charge in [-0.1, -0.05) is 46.1 Å². The van der Waals surface area contributed by atoms with Gasteiger partial charge in [-0.25, -0.2) is 0 Å². The maximum atomic E-state index is 10.6. The molecule has 0 aromatic heterocycles. The molecule has 1 nitrogen and oxygen atoms in total. The topological polar surface area (TPSA) is 17.1 Å². The fourth-order valence-corrected chi connectivity index (χ4v) is 1.26. The molecule has 0 aliphatic rings. The Bertz CT molecular complexity index is 157. The molecule has 0 aromatic rings. The second-order valence-electron chi connectivity index (χ2n) is 3.83. The van der Waals surface area contributed by atoms with E-state index >= 15 is 0 Å². The highest BCUT2D eigenvalue weighted by atomic mass is 16.1. The van der Waals surface area contributed by atoms with Gasteiger partial charge in [-0.3, -0.25) is 4.79 Å². The predicted molar refractivity (Wildman–Crippen MR) is 57.7 cm³/mol. The Balaban J connectivity index is 3.61. The van der Waals surface area contributed by atoms with Crippen LogP contribution in [0.25, 0.3) is 0 Å². The summed E-state index contributed by atoms with van der Waals surface area (Å²) in [6, 6.07) is 0. The van der Waals surface area contributed by atoms with Crippen molar-refractivity contribution in [1.29, 1.82) is 0 Å². The van der Waals surface area contributed by atoms with Crippen molar-refractivity contribution in [2.24, 2.45) is 5.92 Å². The van der Waals surface area contributed by atoms with E-state index in [1.54, 1.807) is 0 Å². The first kappa shape index (κ1) is 12.4. The fourth-order valence-electron chi connectivity index (χ4n) is 1.26. The van der Waals surface area contributed by atoms with Crippen molar-refractivity contribution in [2.75, 3.05) is 0 Å². The van der Waals surface area contributed by atoms with Crippen molar-refractivity contribution in [1.82, 2.24) is 0 Å². The largest absolute Gasteiger partial charge is 0.298 e. The van der Waals surface area contributed by atoms with Crippen LogP contribution in [0.2, 0.25) is 0 Å². The molecule has 0 radical (unpaired) electrons. The van der Waals surface area contributed by atoms with E-state index in [0.717, 1.165) is 18.3 Å². The first-order valence-electron chi connectivity index (χ1n) is 5.37. The van der Waals surface area contributed by atoms with Gasteiger partial charge in [-0.15, -0.1) is 0 Å². The minimum atomic E-state index is 0.378. The summed E-state index contributed by atoms with van der Waals surface area (Å²) in [5.74, 6) is 0.378. The smallest absolute Gasteiger partial charge is 0.145 e. The zero-order chi connectivity index (χ0) is 10.1. The van der Waals surface area contributed by atoms with Gasteiger partial charge in [-0.05, 0) is 24.3 Å². The van der Waals surface area contributed by atoms with E-state index < -0.39 is 0 Å². The van der Waals surface area contributed by atoms with Crippen LogP contribution in [0, 0.1) is 5.92 Å². The average molecular weight is 182 g/mol. The number of hydrogen-bond acceptors (Lipinski definition) is 1. The monoisotopic (exact) mass is 182 g/mol. The summed E-state index contributed by atoms with van der Waals surface area (Å²) in [5.41, 5.74) is 0.955. The lowest BCUT2D eigenvalue weighted by Gasteiger charge is -2.02. The molecule has 0 aromatic carbocycles. The van der Waals surface area contributed by atoms with E-state index in [2.05, 4.69) is 26.8 Å². The predicted octanol–water partition coefficient (Wildman–Crippen LogP) is 3.74. The molecule has 0 aliphatic heterocycles. The molecule has 0 saturated heterocycles. The molecule has 13 heavy (non-hydrogen) atoms. The van der Waals surface area contributed by atoms with Gasteiger partial charge in [0.15, 0.2) is 0 Å². The number of rotatable bonds is 7. The summed E-state index contributed by atoms with van der Waals surface area (Å²) in [5, 5.41) is 0.